The van der Waals surface area contributed by atoms with Crippen molar-refractivity contribution in [2.75, 3.05) is 14.2 Å². The van der Waals surface area contributed by atoms with E-state index in [2.05, 4.69) is 9.97 Å². The van der Waals surface area contributed by atoms with Gasteiger partial charge in [-0.2, -0.15) is 4.73 Å². The molecule has 1 aromatic carbocycles. The van der Waals surface area contributed by atoms with Gasteiger partial charge in [0.05, 0.1) is 31.7 Å². The van der Waals surface area contributed by atoms with Gasteiger partial charge in [-0.3, -0.25) is 0 Å². The van der Waals surface area contributed by atoms with Crippen LogP contribution >= 0.6 is 0 Å². The molecule has 2 heterocycles. The molecular weight excluding hydrogens is 258 g/mol. The predicted molar refractivity (Wildman–Crippen MR) is 72.4 cm³/mol. The molecule has 0 radical (unpaired) electrons. The minimum Gasteiger partial charge on any atom is -0.497 e. The van der Waals surface area contributed by atoms with Crippen molar-refractivity contribution in [3.8, 4) is 34.3 Å². The van der Waals surface area contributed by atoms with Crippen LogP contribution in [-0.4, -0.2) is 34.1 Å². The quantitative estimate of drug-likeness (QED) is 0.740. The SMILES string of the molecule is COc1ccc(-c2nc3ccn(O)cc-3n2)c(OC)c1. The molecular formula is C14H13N3O3. The molecule has 6 nitrogen and oxygen atoms in total. The number of hydrogen-bond donors (Lipinski definition) is 1. The highest BCUT2D eigenvalue weighted by molar-refractivity contribution is 5.71. The molecule has 0 fully saturated rings. The summed E-state index contributed by atoms with van der Waals surface area (Å²) in [5.41, 5.74) is 2.10. The molecule has 0 unspecified atom stereocenters. The van der Waals surface area contributed by atoms with Crippen LogP contribution < -0.4 is 9.47 Å². The lowest BCUT2D eigenvalue weighted by Crippen LogP contribution is -1.92. The van der Waals surface area contributed by atoms with Gasteiger partial charge in [0.2, 0.25) is 0 Å². The van der Waals surface area contributed by atoms with Gasteiger partial charge in [0.15, 0.2) is 5.82 Å². The Kier molecular flexibility index (Phi) is 2.90. The molecule has 0 amide bonds. The number of aromatic nitrogens is 3. The van der Waals surface area contributed by atoms with E-state index >= 15 is 0 Å². The second-order valence-corrected chi connectivity index (χ2v) is 4.21. The summed E-state index contributed by atoms with van der Waals surface area (Å²) in [6.45, 7) is 0. The Morgan fingerprint density at radius 3 is 2.60 bits per heavy atom. The zero-order chi connectivity index (χ0) is 14.1. The standard InChI is InChI=1S/C14H13N3O3/c1-19-9-3-4-10(13(7-9)20-2)14-15-11-5-6-17(18)8-12(11)16-14/h3-8,18H,1-2H3. The molecule has 0 bridgehead atoms. The van der Waals surface area contributed by atoms with E-state index in [-0.39, 0.29) is 0 Å². The lowest BCUT2D eigenvalue weighted by molar-refractivity contribution is 0.184. The van der Waals surface area contributed by atoms with Crippen molar-refractivity contribution < 1.29 is 14.7 Å². The van der Waals surface area contributed by atoms with Gasteiger partial charge in [0, 0.05) is 12.3 Å². The zero-order valence-electron chi connectivity index (χ0n) is 11.1. The molecule has 6 heteroatoms. The van der Waals surface area contributed by atoms with Crippen molar-refractivity contribution in [2.45, 2.75) is 0 Å². The molecule has 3 rings (SSSR count). The van der Waals surface area contributed by atoms with E-state index < -0.39 is 0 Å². The van der Waals surface area contributed by atoms with Gasteiger partial charge in [-0.1, -0.05) is 0 Å². The highest BCUT2D eigenvalue weighted by Gasteiger charge is 2.16. The lowest BCUT2D eigenvalue weighted by atomic mass is 10.2. The van der Waals surface area contributed by atoms with Crippen LogP contribution in [0.15, 0.2) is 36.7 Å². The van der Waals surface area contributed by atoms with Crippen LogP contribution in [0.4, 0.5) is 0 Å². The van der Waals surface area contributed by atoms with Crippen LogP contribution in [0.1, 0.15) is 0 Å². The molecule has 0 saturated heterocycles. The van der Waals surface area contributed by atoms with Crippen LogP contribution in [0.5, 0.6) is 11.5 Å². The number of hydrogen-bond acceptors (Lipinski definition) is 5. The van der Waals surface area contributed by atoms with Crippen molar-refractivity contribution in [1.29, 1.82) is 0 Å². The second-order valence-electron chi connectivity index (χ2n) is 4.21. The maximum absolute atomic E-state index is 9.39. The van der Waals surface area contributed by atoms with E-state index in [0.29, 0.717) is 28.7 Å². The summed E-state index contributed by atoms with van der Waals surface area (Å²) in [7, 11) is 3.18. The molecule has 1 aromatic rings. The van der Waals surface area contributed by atoms with Crippen molar-refractivity contribution in [3.63, 3.8) is 0 Å². The summed E-state index contributed by atoms with van der Waals surface area (Å²) in [5.74, 6) is 1.89. The van der Waals surface area contributed by atoms with Gasteiger partial charge in [0.25, 0.3) is 0 Å². The van der Waals surface area contributed by atoms with E-state index in [1.807, 2.05) is 12.1 Å². The maximum atomic E-state index is 9.39. The zero-order valence-corrected chi connectivity index (χ0v) is 11.1. The predicted octanol–water partition coefficient (Wildman–Crippen LogP) is 2.30. The molecule has 0 spiro atoms. The number of benzene rings is 1. The average molecular weight is 271 g/mol. The summed E-state index contributed by atoms with van der Waals surface area (Å²) >= 11 is 0. The van der Waals surface area contributed by atoms with E-state index in [1.165, 1.54) is 12.4 Å². The highest BCUT2D eigenvalue weighted by atomic mass is 16.5. The molecule has 1 N–H and O–H groups in total. The minimum atomic E-state index is 0.547. The Morgan fingerprint density at radius 1 is 1.05 bits per heavy atom. The van der Waals surface area contributed by atoms with E-state index in [4.69, 9.17) is 9.47 Å². The van der Waals surface area contributed by atoms with Gasteiger partial charge in [-0.15, -0.1) is 0 Å². The van der Waals surface area contributed by atoms with Crippen LogP contribution in [0.2, 0.25) is 0 Å². The monoisotopic (exact) mass is 271 g/mol. The van der Waals surface area contributed by atoms with Gasteiger partial charge >= 0.3 is 0 Å². The Morgan fingerprint density at radius 2 is 1.85 bits per heavy atom. The summed E-state index contributed by atoms with van der Waals surface area (Å²) in [5, 5.41) is 9.39. The van der Waals surface area contributed by atoms with Crippen molar-refractivity contribution in [1.82, 2.24) is 14.7 Å². The number of rotatable bonds is 3. The van der Waals surface area contributed by atoms with Crippen molar-refractivity contribution in [2.24, 2.45) is 0 Å². The molecule has 102 valence electrons. The topological polar surface area (TPSA) is 69.4 Å². The number of ether oxygens (including phenoxy) is 2. The third-order valence-electron chi connectivity index (χ3n) is 3.00. The molecule has 0 aromatic heterocycles. The van der Waals surface area contributed by atoms with Crippen LogP contribution in [0, 0.1) is 0 Å². The number of pyridine rings is 1. The van der Waals surface area contributed by atoms with Gasteiger partial charge < -0.3 is 14.7 Å². The first-order valence-electron chi connectivity index (χ1n) is 5.98. The van der Waals surface area contributed by atoms with Gasteiger partial charge in [-0.25, -0.2) is 9.97 Å². The molecule has 2 aliphatic heterocycles. The molecule has 0 saturated carbocycles. The molecule has 0 aliphatic carbocycles. The fraction of sp³-hybridized carbons (Fsp3) is 0.143. The number of methoxy groups -OCH3 is 2. The fourth-order valence-electron chi connectivity index (χ4n) is 2.00. The summed E-state index contributed by atoms with van der Waals surface area (Å²) in [6.07, 6.45) is 3.01. The summed E-state index contributed by atoms with van der Waals surface area (Å²) < 4.78 is 11.5. The highest BCUT2D eigenvalue weighted by Crippen LogP contribution is 2.33. The van der Waals surface area contributed by atoms with Gasteiger partial charge in [0.1, 0.15) is 17.2 Å². The first-order chi connectivity index (χ1) is 9.71. The molecule has 2 aliphatic rings. The Bertz CT molecular complexity index is 724. The van der Waals surface area contributed by atoms with Crippen LogP contribution in [-0.2, 0) is 0 Å². The second kappa shape index (κ2) is 4.73. The summed E-state index contributed by atoms with van der Waals surface area (Å²) in [4.78, 5) is 8.83. The van der Waals surface area contributed by atoms with Crippen LogP contribution in [0.3, 0.4) is 0 Å². The number of nitrogens with zero attached hydrogens (tertiary/aromatic N) is 3. The van der Waals surface area contributed by atoms with Crippen LogP contribution in [0.25, 0.3) is 22.8 Å². The summed E-state index contributed by atoms with van der Waals surface area (Å²) in [6, 6.07) is 7.15. The Hall–Kier alpha value is -2.76. The average Bonchev–Trinajstić information content (AvgIpc) is 2.89. The maximum Gasteiger partial charge on any atom is 0.164 e. The van der Waals surface area contributed by atoms with Gasteiger partial charge in [-0.05, 0) is 18.2 Å². The van der Waals surface area contributed by atoms with E-state index in [1.54, 1.807) is 26.4 Å². The lowest BCUT2D eigenvalue weighted by Gasteiger charge is -2.07. The van der Waals surface area contributed by atoms with Crippen molar-refractivity contribution in [3.05, 3.63) is 36.7 Å². The van der Waals surface area contributed by atoms with E-state index in [9.17, 15) is 5.21 Å². The minimum absolute atomic E-state index is 0.547. The third-order valence-corrected chi connectivity index (χ3v) is 3.00. The normalized spacial score (nSPS) is 10.7. The fourth-order valence-corrected chi connectivity index (χ4v) is 2.00. The molecule has 20 heavy (non-hydrogen) atoms. The molecule has 0 atom stereocenters. The van der Waals surface area contributed by atoms with E-state index in [0.717, 1.165) is 10.3 Å². The largest absolute Gasteiger partial charge is 0.497 e. The third kappa shape index (κ3) is 2.01. The van der Waals surface area contributed by atoms with Crippen molar-refractivity contribution >= 4 is 0 Å². The number of fused-ring (bicyclic) bond motifs is 1. The Balaban J connectivity index is 2.13. The number of imidazole rings is 1. The first-order valence-corrected chi connectivity index (χ1v) is 5.98. The first kappa shape index (κ1) is 12.3. The smallest absolute Gasteiger partial charge is 0.164 e. The Labute approximate surface area is 115 Å².